The van der Waals surface area contributed by atoms with E-state index in [-0.39, 0.29) is 24.4 Å². The van der Waals surface area contributed by atoms with Crippen LogP contribution in [0.3, 0.4) is 0 Å². The van der Waals surface area contributed by atoms with Gasteiger partial charge in [0.05, 0.1) is 10.0 Å². The van der Waals surface area contributed by atoms with E-state index in [4.69, 9.17) is 34.8 Å². The van der Waals surface area contributed by atoms with Gasteiger partial charge in [0.15, 0.2) is 0 Å². The number of amides is 2. The zero-order valence-electron chi connectivity index (χ0n) is 17.1. The summed E-state index contributed by atoms with van der Waals surface area (Å²) in [5.41, 5.74) is 0.812. The summed E-state index contributed by atoms with van der Waals surface area (Å²) in [7, 11) is 0. The van der Waals surface area contributed by atoms with E-state index in [2.05, 4.69) is 5.32 Å². The molecule has 2 amide bonds. The Morgan fingerprint density at radius 2 is 1.67 bits per heavy atom. The number of benzene rings is 2. The number of halogens is 3. The standard InChI is InChI=1S/C22H25Cl3N2O2S/c1-14(2)26-22(29)15(3)27(13-16-4-9-19(24)20(25)12-16)21(28)10-11-30-18-7-5-17(23)6-8-18/h4-9,12,14-15H,10-11,13H2,1-3H3,(H,26,29). The molecule has 0 saturated carbocycles. The molecule has 2 aromatic rings. The Morgan fingerprint density at radius 1 is 1.00 bits per heavy atom. The van der Waals surface area contributed by atoms with Gasteiger partial charge < -0.3 is 10.2 Å². The quantitative estimate of drug-likeness (QED) is 0.437. The molecule has 0 aromatic heterocycles. The number of nitrogens with one attached hydrogen (secondary N) is 1. The van der Waals surface area contributed by atoms with Gasteiger partial charge in [-0.2, -0.15) is 0 Å². The molecule has 1 unspecified atom stereocenters. The van der Waals surface area contributed by atoms with Gasteiger partial charge in [-0.25, -0.2) is 0 Å². The van der Waals surface area contributed by atoms with Crippen molar-refractivity contribution in [2.75, 3.05) is 5.75 Å². The highest BCUT2D eigenvalue weighted by atomic mass is 35.5. The van der Waals surface area contributed by atoms with Crippen molar-refractivity contribution in [3.8, 4) is 0 Å². The van der Waals surface area contributed by atoms with E-state index < -0.39 is 6.04 Å². The van der Waals surface area contributed by atoms with Gasteiger partial charge in [-0.15, -0.1) is 11.8 Å². The van der Waals surface area contributed by atoms with Gasteiger partial charge in [0.2, 0.25) is 11.8 Å². The third kappa shape index (κ3) is 7.69. The van der Waals surface area contributed by atoms with E-state index in [0.717, 1.165) is 10.5 Å². The normalized spacial score (nSPS) is 12.0. The van der Waals surface area contributed by atoms with Crippen molar-refractivity contribution >= 4 is 58.4 Å². The lowest BCUT2D eigenvalue weighted by molar-refractivity contribution is -0.140. The largest absolute Gasteiger partial charge is 0.352 e. The van der Waals surface area contributed by atoms with E-state index in [1.54, 1.807) is 35.7 Å². The highest BCUT2D eigenvalue weighted by Gasteiger charge is 2.26. The number of rotatable bonds is 9. The number of carbonyl (C=O) groups is 2. The maximum atomic E-state index is 13.0. The fraction of sp³-hybridized carbons (Fsp3) is 0.364. The molecule has 0 fully saturated rings. The Morgan fingerprint density at radius 3 is 2.27 bits per heavy atom. The van der Waals surface area contributed by atoms with E-state index >= 15 is 0 Å². The van der Waals surface area contributed by atoms with Crippen molar-refractivity contribution in [2.45, 2.75) is 50.7 Å². The first kappa shape index (κ1) is 24.9. The maximum Gasteiger partial charge on any atom is 0.242 e. The van der Waals surface area contributed by atoms with Crippen LogP contribution in [0.15, 0.2) is 47.4 Å². The third-order valence-electron chi connectivity index (χ3n) is 4.33. The fourth-order valence-corrected chi connectivity index (χ4v) is 4.04. The predicted octanol–water partition coefficient (Wildman–Crippen LogP) is 6.07. The number of nitrogens with zero attached hydrogens (tertiary/aromatic N) is 1. The van der Waals surface area contributed by atoms with Crippen molar-refractivity contribution in [1.29, 1.82) is 0 Å². The van der Waals surface area contributed by atoms with Crippen molar-refractivity contribution in [3.05, 3.63) is 63.1 Å². The van der Waals surface area contributed by atoms with Crippen LogP contribution in [0.4, 0.5) is 0 Å². The number of hydrogen-bond donors (Lipinski definition) is 1. The second kappa shape index (κ2) is 11.8. The minimum atomic E-state index is -0.616. The van der Waals surface area contributed by atoms with Crippen LogP contribution < -0.4 is 5.32 Å². The molecule has 0 spiro atoms. The van der Waals surface area contributed by atoms with E-state index in [1.807, 2.05) is 44.2 Å². The summed E-state index contributed by atoms with van der Waals surface area (Å²) in [6, 6.07) is 12.1. The predicted molar refractivity (Wildman–Crippen MR) is 127 cm³/mol. The number of thioether (sulfide) groups is 1. The second-order valence-electron chi connectivity index (χ2n) is 7.16. The molecule has 4 nitrogen and oxygen atoms in total. The molecule has 1 atom stereocenters. The molecule has 30 heavy (non-hydrogen) atoms. The van der Waals surface area contributed by atoms with Gasteiger partial charge >= 0.3 is 0 Å². The SMILES string of the molecule is CC(C)NC(=O)C(C)N(Cc1ccc(Cl)c(Cl)c1)C(=O)CCSc1ccc(Cl)cc1. The van der Waals surface area contributed by atoms with Gasteiger partial charge in [0, 0.05) is 34.7 Å². The molecule has 0 radical (unpaired) electrons. The Labute approximate surface area is 197 Å². The Hall–Kier alpha value is -1.40. The highest BCUT2D eigenvalue weighted by molar-refractivity contribution is 7.99. The molecule has 0 heterocycles. The van der Waals surface area contributed by atoms with Crippen molar-refractivity contribution in [3.63, 3.8) is 0 Å². The first-order chi connectivity index (χ1) is 14.2. The van der Waals surface area contributed by atoms with Gasteiger partial charge in [0.25, 0.3) is 0 Å². The summed E-state index contributed by atoms with van der Waals surface area (Å²) in [6.07, 6.45) is 0.300. The smallest absolute Gasteiger partial charge is 0.242 e. The average Bonchev–Trinajstić information content (AvgIpc) is 2.69. The lowest BCUT2D eigenvalue weighted by atomic mass is 10.1. The Bertz CT molecular complexity index is 875. The summed E-state index contributed by atoms with van der Waals surface area (Å²) >= 11 is 19.6. The van der Waals surface area contributed by atoms with Crippen LogP contribution in [0.5, 0.6) is 0 Å². The Balaban J connectivity index is 2.09. The summed E-state index contributed by atoms with van der Waals surface area (Å²) in [4.78, 5) is 28.2. The van der Waals surface area contributed by atoms with Crippen molar-refractivity contribution < 1.29 is 9.59 Å². The molecule has 8 heteroatoms. The van der Waals surface area contributed by atoms with E-state index in [9.17, 15) is 9.59 Å². The summed E-state index contributed by atoms with van der Waals surface area (Å²) in [5.74, 6) is 0.300. The minimum Gasteiger partial charge on any atom is -0.352 e. The van der Waals surface area contributed by atoms with Crippen LogP contribution in [0, 0.1) is 0 Å². The third-order valence-corrected chi connectivity index (χ3v) is 6.34. The van der Waals surface area contributed by atoms with Crippen molar-refractivity contribution in [2.24, 2.45) is 0 Å². The van der Waals surface area contributed by atoms with Crippen molar-refractivity contribution in [1.82, 2.24) is 10.2 Å². The molecule has 1 N–H and O–H groups in total. The molecular formula is C22H25Cl3N2O2S. The highest BCUT2D eigenvalue weighted by Crippen LogP contribution is 2.25. The molecular weight excluding hydrogens is 463 g/mol. The van der Waals surface area contributed by atoms with Crippen LogP contribution in [0.2, 0.25) is 15.1 Å². The van der Waals surface area contributed by atoms with Crippen LogP contribution in [-0.4, -0.2) is 34.6 Å². The molecule has 162 valence electrons. The van der Waals surface area contributed by atoms with Crippen LogP contribution >= 0.6 is 46.6 Å². The lowest BCUT2D eigenvalue weighted by Gasteiger charge is -2.29. The minimum absolute atomic E-state index is 0.0117. The van der Waals surface area contributed by atoms with E-state index in [0.29, 0.717) is 27.2 Å². The lowest BCUT2D eigenvalue weighted by Crippen LogP contribution is -2.49. The number of carbonyl (C=O) groups excluding carboxylic acids is 2. The molecule has 0 aliphatic heterocycles. The van der Waals surface area contributed by atoms with Gasteiger partial charge in [0.1, 0.15) is 6.04 Å². The maximum absolute atomic E-state index is 13.0. The van der Waals surface area contributed by atoms with E-state index in [1.165, 1.54) is 0 Å². The zero-order valence-corrected chi connectivity index (χ0v) is 20.2. The summed E-state index contributed by atoms with van der Waals surface area (Å²) in [5, 5.41) is 4.41. The van der Waals surface area contributed by atoms with Crippen LogP contribution in [0.1, 0.15) is 32.8 Å². The van der Waals surface area contributed by atoms with Crippen LogP contribution in [-0.2, 0) is 16.1 Å². The van der Waals surface area contributed by atoms with Gasteiger partial charge in [-0.05, 0) is 62.7 Å². The zero-order chi connectivity index (χ0) is 22.3. The monoisotopic (exact) mass is 486 g/mol. The topological polar surface area (TPSA) is 49.4 Å². The molecule has 0 saturated heterocycles. The molecule has 0 aliphatic carbocycles. The Kier molecular flexibility index (Phi) is 9.82. The van der Waals surface area contributed by atoms with Crippen LogP contribution in [0.25, 0.3) is 0 Å². The molecule has 0 aliphatic rings. The summed E-state index contributed by atoms with van der Waals surface area (Å²) in [6.45, 7) is 5.78. The number of hydrogen-bond acceptors (Lipinski definition) is 3. The molecule has 2 aromatic carbocycles. The second-order valence-corrected chi connectivity index (χ2v) is 9.58. The average molecular weight is 488 g/mol. The van der Waals surface area contributed by atoms with Gasteiger partial charge in [-0.1, -0.05) is 40.9 Å². The fourth-order valence-electron chi connectivity index (χ4n) is 2.75. The molecule has 0 bridgehead atoms. The molecule has 2 rings (SSSR count). The van der Waals surface area contributed by atoms with Gasteiger partial charge in [-0.3, -0.25) is 9.59 Å². The first-order valence-corrected chi connectivity index (χ1v) is 11.7. The summed E-state index contributed by atoms with van der Waals surface area (Å²) < 4.78 is 0. The first-order valence-electron chi connectivity index (χ1n) is 9.59.